The van der Waals surface area contributed by atoms with Gasteiger partial charge in [0, 0.05) is 12.3 Å². The van der Waals surface area contributed by atoms with E-state index in [1.165, 1.54) is 11.1 Å². The Kier molecular flexibility index (Phi) is 4.06. The summed E-state index contributed by atoms with van der Waals surface area (Å²) in [6, 6.07) is 0. The fourth-order valence-corrected chi connectivity index (χ4v) is 8.26. The minimum absolute atomic E-state index is 0.00323. The number of aliphatic hydroxyl groups excluding tert-OH is 2. The van der Waals surface area contributed by atoms with Crippen molar-refractivity contribution in [2.75, 3.05) is 6.61 Å². The van der Waals surface area contributed by atoms with Gasteiger partial charge in [0.1, 0.15) is 12.7 Å². The number of hydrogen-bond acceptors (Lipinski definition) is 5. The maximum absolute atomic E-state index is 13.1. The molecule has 8 atom stereocenters. The van der Waals surface area contributed by atoms with Crippen LogP contribution in [0.15, 0.2) is 28.8 Å². The Hall–Kier alpha value is -1.46. The van der Waals surface area contributed by atoms with Gasteiger partial charge in [0.15, 0.2) is 17.2 Å². The molecule has 0 amide bonds. The predicted molar refractivity (Wildman–Crippen MR) is 110 cm³/mol. The normalized spacial score (nSPS) is 50.5. The summed E-state index contributed by atoms with van der Waals surface area (Å²) in [6.07, 6.45) is 6.86. The van der Waals surface area contributed by atoms with E-state index < -0.39 is 23.7 Å². The number of Topliss-reactive ketones (excluding diaryl/α,β-unsaturated/α-hetero) is 1. The highest BCUT2D eigenvalue weighted by atomic mass is 16.5. The minimum atomic E-state index is -1.06. The van der Waals surface area contributed by atoms with E-state index in [4.69, 9.17) is 9.73 Å². The first-order chi connectivity index (χ1) is 13.7. The second-order valence-electron chi connectivity index (χ2n) is 10.6. The molecule has 4 aliphatic carbocycles. The third-order valence-corrected chi connectivity index (χ3v) is 9.42. The van der Waals surface area contributed by atoms with Crippen molar-refractivity contribution in [1.29, 1.82) is 0 Å². The van der Waals surface area contributed by atoms with E-state index in [2.05, 4.69) is 26.5 Å². The van der Waals surface area contributed by atoms with Crippen LogP contribution >= 0.6 is 0 Å². The molecule has 29 heavy (non-hydrogen) atoms. The summed E-state index contributed by atoms with van der Waals surface area (Å²) in [6.45, 7) is 9.88. The van der Waals surface area contributed by atoms with Gasteiger partial charge in [0.2, 0.25) is 0 Å². The number of nitrogens with zero attached hydrogens (tertiary/aromatic N) is 1. The fraction of sp³-hybridized carbons (Fsp3) is 0.750. The number of fused-ring (bicyclic) bond motifs is 7. The first-order valence-electron chi connectivity index (χ1n) is 11.1. The molecular formula is C24H33NO4. The van der Waals surface area contributed by atoms with Crippen LogP contribution < -0.4 is 0 Å². The molecule has 1 aliphatic heterocycles. The van der Waals surface area contributed by atoms with E-state index in [0.717, 1.165) is 32.1 Å². The summed E-state index contributed by atoms with van der Waals surface area (Å²) in [4.78, 5) is 17.8. The van der Waals surface area contributed by atoms with Crippen molar-refractivity contribution in [3.05, 3.63) is 23.8 Å². The number of hydrogen-bond donors (Lipinski definition) is 2. The average molecular weight is 400 g/mol. The van der Waals surface area contributed by atoms with Gasteiger partial charge in [-0.3, -0.25) is 4.79 Å². The standard InChI is InChI=1S/C24H33NO4/c1-13-7-8-22(3)15(9-13)5-6-16-17-10-20-24(19(28)12-26,25-14(2)29-20)23(17,4)11-18(27)21(16)22/h9,16-18,20-21,26-27H,1,5-8,10-12H2,2-4H3/t16-,17-,18-,20+,21+,22-,23-,24+/m0/s1. The molecule has 158 valence electrons. The van der Waals surface area contributed by atoms with Crippen molar-refractivity contribution in [2.45, 2.75) is 77.0 Å². The zero-order valence-corrected chi connectivity index (χ0v) is 17.8. The number of carbonyl (C=O) groups excluding carboxylic acids is 1. The molecule has 0 aromatic carbocycles. The second-order valence-corrected chi connectivity index (χ2v) is 10.6. The molecule has 0 radical (unpaired) electrons. The van der Waals surface area contributed by atoms with Gasteiger partial charge in [-0.15, -0.1) is 0 Å². The predicted octanol–water partition coefficient (Wildman–Crippen LogP) is 3.20. The zero-order valence-electron chi connectivity index (χ0n) is 17.8. The topological polar surface area (TPSA) is 79.1 Å². The van der Waals surface area contributed by atoms with Crippen LogP contribution in [0.25, 0.3) is 0 Å². The summed E-state index contributed by atoms with van der Waals surface area (Å²) in [5.41, 5.74) is 1.09. The van der Waals surface area contributed by atoms with E-state index in [9.17, 15) is 15.0 Å². The van der Waals surface area contributed by atoms with Crippen molar-refractivity contribution in [2.24, 2.45) is 33.6 Å². The molecule has 0 bridgehead atoms. The van der Waals surface area contributed by atoms with Crippen LogP contribution in [0.5, 0.6) is 0 Å². The quantitative estimate of drug-likeness (QED) is 0.747. The number of aliphatic imine (C=N–C) groups is 1. The molecule has 0 aromatic heterocycles. The number of rotatable bonds is 2. The summed E-state index contributed by atoms with van der Waals surface area (Å²) < 4.78 is 6.04. The maximum atomic E-state index is 13.1. The highest BCUT2D eigenvalue weighted by Gasteiger charge is 2.74. The first kappa shape index (κ1) is 19.5. The van der Waals surface area contributed by atoms with E-state index in [0.29, 0.717) is 18.2 Å². The SMILES string of the molecule is C=C1C=C2CC[C@@H]3[C@H]([C@@H](O)C[C@@]4(C)[C@H]3C[C@H]3OC(C)=N[C@]34C(=O)CO)[C@@]2(C)CC1. The third-order valence-electron chi connectivity index (χ3n) is 9.42. The molecule has 0 saturated heterocycles. The van der Waals surface area contributed by atoms with Crippen LogP contribution in [0.3, 0.4) is 0 Å². The number of carbonyl (C=O) groups is 1. The van der Waals surface area contributed by atoms with Crippen molar-refractivity contribution in [3.8, 4) is 0 Å². The summed E-state index contributed by atoms with van der Waals surface area (Å²) in [7, 11) is 0. The molecule has 5 heteroatoms. The number of ketones is 1. The van der Waals surface area contributed by atoms with Crippen LogP contribution in [0.4, 0.5) is 0 Å². The lowest BCUT2D eigenvalue weighted by molar-refractivity contribution is -0.149. The molecule has 3 fully saturated rings. The molecule has 0 aromatic rings. The largest absolute Gasteiger partial charge is 0.475 e. The molecule has 2 N–H and O–H groups in total. The van der Waals surface area contributed by atoms with Crippen LogP contribution in [0, 0.1) is 28.6 Å². The van der Waals surface area contributed by atoms with E-state index >= 15 is 0 Å². The van der Waals surface area contributed by atoms with Gasteiger partial charge >= 0.3 is 0 Å². The summed E-state index contributed by atoms with van der Waals surface area (Å²) >= 11 is 0. The lowest BCUT2D eigenvalue weighted by atomic mass is 9.45. The van der Waals surface area contributed by atoms with E-state index in [1.807, 2.05) is 0 Å². The monoisotopic (exact) mass is 399 g/mol. The Labute approximate surface area is 172 Å². The van der Waals surface area contributed by atoms with Crippen LogP contribution in [0.2, 0.25) is 0 Å². The van der Waals surface area contributed by atoms with Gasteiger partial charge in [-0.1, -0.05) is 37.6 Å². The molecular weight excluding hydrogens is 366 g/mol. The van der Waals surface area contributed by atoms with Gasteiger partial charge < -0.3 is 14.9 Å². The molecule has 0 unspecified atom stereocenters. The van der Waals surface area contributed by atoms with Gasteiger partial charge in [0.05, 0.1) is 6.10 Å². The molecule has 3 saturated carbocycles. The molecule has 0 spiro atoms. The van der Waals surface area contributed by atoms with Gasteiger partial charge in [-0.2, -0.15) is 0 Å². The van der Waals surface area contributed by atoms with Crippen molar-refractivity contribution >= 4 is 11.7 Å². The van der Waals surface area contributed by atoms with Crippen molar-refractivity contribution in [1.82, 2.24) is 0 Å². The Balaban J connectivity index is 1.60. The van der Waals surface area contributed by atoms with Crippen LogP contribution in [-0.2, 0) is 9.53 Å². The molecule has 5 nitrogen and oxygen atoms in total. The smallest absolute Gasteiger partial charge is 0.190 e. The number of aliphatic hydroxyl groups is 2. The minimum Gasteiger partial charge on any atom is -0.475 e. The van der Waals surface area contributed by atoms with Crippen LogP contribution in [0.1, 0.15) is 59.3 Å². The lowest BCUT2D eigenvalue weighted by Gasteiger charge is -2.60. The summed E-state index contributed by atoms with van der Waals surface area (Å²) in [5.74, 6) is 1.06. The highest BCUT2D eigenvalue weighted by molar-refractivity contribution is 5.96. The lowest BCUT2D eigenvalue weighted by Crippen LogP contribution is -2.62. The Morgan fingerprint density at radius 3 is 2.86 bits per heavy atom. The van der Waals surface area contributed by atoms with Crippen molar-refractivity contribution < 1.29 is 19.7 Å². The van der Waals surface area contributed by atoms with Gasteiger partial charge in [0.25, 0.3) is 0 Å². The van der Waals surface area contributed by atoms with Crippen LogP contribution in [-0.4, -0.2) is 46.2 Å². The van der Waals surface area contributed by atoms with E-state index in [1.54, 1.807) is 6.92 Å². The fourth-order valence-electron chi connectivity index (χ4n) is 8.26. The van der Waals surface area contributed by atoms with Gasteiger partial charge in [-0.05, 0) is 61.7 Å². The molecule has 1 heterocycles. The Morgan fingerprint density at radius 2 is 2.14 bits per heavy atom. The van der Waals surface area contributed by atoms with Gasteiger partial charge in [-0.25, -0.2) is 4.99 Å². The first-order valence-corrected chi connectivity index (χ1v) is 11.1. The molecule has 5 aliphatic rings. The Morgan fingerprint density at radius 1 is 1.38 bits per heavy atom. The molecule has 5 rings (SSSR count). The second kappa shape index (κ2) is 6.04. The Bertz CT molecular complexity index is 846. The highest BCUT2D eigenvalue weighted by Crippen LogP contribution is 2.69. The zero-order chi connectivity index (χ0) is 20.8. The van der Waals surface area contributed by atoms with Crippen molar-refractivity contribution in [3.63, 3.8) is 0 Å². The third kappa shape index (κ3) is 2.24. The number of ether oxygens (including phenoxy) is 1. The number of allylic oxidation sites excluding steroid dienone is 3. The maximum Gasteiger partial charge on any atom is 0.190 e. The summed E-state index contributed by atoms with van der Waals surface area (Å²) in [5, 5.41) is 21.3. The average Bonchev–Trinajstić information content (AvgIpc) is 3.12. The van der Waals surface area contributed by atoms with E-state index in [-0.39, 0.29) is 29.1 Å².